The van der Waals surface area contributed by atoms with Gasteiger partial charge < -0.3 is 10.0 Å². The second-order valence-electron chi connectivity index (χ2n) is 7.00. The van der Waals surface area contributed by atoms with Crippen molar-refractivity contribution in [2.45, 2.75) is 39.5 Å². The summed E-state index contributed by atoms with van der Waals surface area (Å²) in [6.45, 7) is 9.00. The minimum atomic E-state index is -0.839. The minimum absolute atomic E-state index is 0.0620. The molecule has 1 aromatic rings. The number of carbonyl (C=O) groups is 2. The Hall–Kier alpha value is -1.63. The molecule has 122 valence electrons. The number of anilines is 1. The van der Waals surface area contributed by atoms with Crippen LogP contribution in [0.15, 0.2) is 5.38 Å². The molecule has 0 bridgehead atoms. The average Bonchev–Trinajstić information content (AvgIpc) is 2.86. The first-order valence-corrected chi connectivity index (χ1v) is 8.29. The molecule has 1 fully saturated rings. The van der Waals surface area contributed by atoms with E-state index in [1.54, 1.807) is 4.90 Å². The lowest BCUT2D eigenvalue weighted by molar-refractivity contribution is -0.143. The number of thiazole rings is 1. The Bertz CT molecular complexity index is 565. The highest BCUT2D eigenvalue weighted by Gasteiger charge is 2.32. The number of nitrogens with one attached hydrogen (secondary N) is 1. The van der Waals surface area contributed by atoms with E-state index in [4.69, 9.17) is 5.11 Å². The molecule has 0 aromatic carbocycles. The number of carbonyl (C=O) groups excluding carboxylic acids is 1. The maximum Gasteiger partial charge on any atom is 0.323 e. The summed E-state index contributed by atoms with van der Waals surface area (Å²) >= 11 is 1.39. The first-order chi connectivity index (χ1) is 10.2. The third-order valence-corrected chi connectivity index (χ3v) is 4.54. The molecule has 2 unspecified atom stereocenters. The highest BCUT2D eigenvalue weighted by atomic mass is 32.1. The molecule has 1 aromatic heterocycles. The van der Waals surface area contributed by atoms with Gasteiger partial charge in [0, 0.05) is 23.9 Å². The summed E-state index contributed by atoms with van der Waals surface area (Å²) in [6.07, 6.45) is 0.616. The molecule has 1 aliphatic heterocycles. The summed E-state index contributed by atoms with van der Waals surface area (Å²) in [7, 11) is 0. The predicted octanol–water partition coefficient (Wildman–Crippen LogP) is 3.02. The van der Waals surface area contributed by atoms with Gasteiger partial charge in [-0.2, -0.15) is 0 Å². The maximum atomic E-state index is 12.3. The summed E-state index contributed by atoms with van der Waals surface area (Å²) in [6, 6.07) is -0.271. The van der Waals surface area contributed by atoms with E-state index in [-0.39, 0.29) is 23.9 Å². The molecule has 0 spiro atoms. The first kappa shape index (κ1) is 16.7. The molecule has 7 heteroatoms. The molecular formula is C15H23N3O3S. The molecule has 0 aliphatic carbocycles. The Morgan fingerprint density at radius 2 is 2.09 bits per heavy atom. The maximum absolute atomic E-state index is 12.3. The fourth-order valence-corrected chi connectivity index (χ4v) is 3.47. The van der Waals surface area contributed by atoms with Gasteiger partial charge in [0.2, 0.25) is 0 Å². The second-order valence-corrected chi connectivity index (χ2v) is 7.86. The van der Waals surface area contributed by atoms with Crippen molar-refractivity contribution >= 4 is 28.5 Å². The van der Waals surface area contributed by atoms with Gasteiger partial charge in [-0.3, -0.25) is 10.1 Å². The summed E-state index contributed by atoms with van der Waals surface area (Å²) in [4.78, 5) is 29.5. The zero-order chi connectivity index (χ0) is 16.5. The standard InChI is InChI=1S/C15H23N3O3S/c1-9-5-10(12(19)20)7-18(6-9)14(21)17-13-16-11(8-22-13)15(2,3)4/h8-10H,5-7H2,1-4H3,(H,19,20)(H,16,17,21). The third-order valence-electron chi connectivity index (χ3n) is 3.78. The number of hydrogen-bond acceptors (Lipinski definition) is 4. The van der Waals surface area contributed by atoms with Crippen LogP contribution < -0.4 is 5.32 Å². The van der Waals surface area contributed by atoms with Crippen molar-refractivity contribution in [2.24, 2.45) is 11.8 Å². The van der Waals surface area contributed by atoms with Gasteiger partial charge in [-0.25, -0.2) is 9.78 Å². The Kier molecular flexibility index (Phi) is 4.75. The number of carboxylic acid groups (broad SMARTS) is 1. The third kappa shape index (κ3) is 3.97. The van der Waals surface area contributed by atoms with Crippen molar-refractivity contribution in [1.82, 2.24) is 9.88 Å². The Balaban J connectivity index is 2.02. The number of carboxylic acids is 1. The van der Waals surface area contributed by atoms with Crippen molar-refractivity contribution < 1.29 is 14.7 Å². The summed E-state index contributed by atoms with van der Waals surface area (Å²) < 4.78 is 0. The molecule has 2 amide bonds. The molecule has 6 nitrogen and oxygen atoms in total. The van der Waals surface area contributed by atoms with Crippen LogP contribution in [0.25, 0.3) is 0 Å². The summed E-state index contributed by atoms with van der Waals surface area (Å²) in [5, 5.41) is 14.4. The number of hydrogen-bond donors (Lipinski definition) is 2. The number of nitrogens with zero attached hydrogens (tertiary/aromatic N) is 2. The monoisotopic (exact) mass is 325 g/mol. The number of rotatable bonds is 2. The summed E-state index contributed by atoms with van der Waals surface area (Å²) in [5.41, 5.74) is 0.872. The molecule has 1 aliphatic rings. The number of aliphatic carboxylic acids is 1. The van der Waals surface area contributed by atoms with Crippen molar-refractivity contribution in [3.05, 3.63) is 11.1 Å². The van der Waals surface area contributed by atoms with Crippen LogP contribution in [0.5, 0.6) is 0 Å². The normalized spacial score (nSPS) is 22.5. The first-order valence-electron chi connectivity index (χ1n) is 7.41. The minimum Gasteiger partial charge on any atom is -0.481 e. The van der Waals surface area contributed by atoms with Crippen LogP contribution in [-0.4, -0.2) is 40.1 Å². The highest BCUT2D eigenvalue weighted by molar-refractivity contribution is 7.13. The molecular weight excluding hydrogens is 302 g/mol. The lowest BCUT2D eigenvalue weighted by atomic mass is 9.91. The van der Waals surface area contributed by atoms with Crippen molar-refractivity contribution in [3.63, 3.8) is 0 Å². The molecule has 0 radical (unpaired) electrons. The van der Waals surface area contributed by atoms with E-state index in [0.717, 1.165) is 5.69 Å². The quantitative estimate of drug-likeness (QED) is 0.875. The molecule has 0 saturated carbocycles. The van der Waals surface area contributed by atoms with Crippen molar-refractivity contribution in [3.8, 4) is 0 Å². The molecule has 22 heavy (non-hydrogen) atoms. The van der Waals surface area contributed by atoms with Crippen LogP contribution in [-0.2, 0) is 10.2 Å². The fraction of sp³-hybridized carbons (Fsp3) is 0.667. The second kappa shape index (κ2) is 6.24. The Labute approximate surface area is 134 Å². The van der Waals surface area contributed by atoms with E-state index in [0.29, 0.717) is 18.1 Å². The van der Waals surface area contributed by atoms with E-state index < -0.39 is 11.9 Å². The zero-order valence-corrected chi connectivity index (χ0v) is 14.2. The fourth-order valence-electron chi connectivity index (χ4n) is 2.54. The van der Waals surface area contributed by atoms with Gasteiger partial charge in [0.1, 0.15) is 0 Å². The van der Waals surface area contributed by atoms with Gasteiger partial charge in [0.05, 0.1) is 11.6 Å². The van der Waals surface area contributed by atoms with E-state index in [2.05, 4.69) is 31.1 Å². The molecule has 2 heterocycles. The van der Waals surface area contributed by atoms with Gasteiger partial charge in [-0.05, 0) is 12.3 Å². The van der Waals surface area contributed by atoms with E-state index in [1.807, 2.05) is 12.3 Å². The van der Waals surface area contributed by atoms with Crippen LogP contribution in [0, 0.1) is 11.8 Å². The Morgan fingerprint density at radius 1 is 1.41 bits per heavy atom. The van der Waals surface area contributed by atoms with Crippen LogP contribution in [0.4, 0.5) is 9.93 Å². The van der Waals surface area contributed by atoms with E-state index >= 15 is 0 Å². The van der Waals surface area contributed by atoms with Crippen molar-refractivity contribution in [2.75, 3.05) is 18.4 Å². The van der Waals surface area contributed by atoms with Gasteiger partial charge >= 0.3 is 12.0 Å². The lowest BCUT2D eigenvalue weighted by Crippen LogP contribution is -2.47. The van der Waals surface area contributed by atoms with Crippen LogP contribution in [0.3, 0.4) is 0 Å². The number of piperidine rings is 1. The Morgan fingerprint density at radius 3 is 2.64 bits per heavy atom. The van der Waals surface area contributed by atoms with Crippen molar-refractivity contribution in [1.29, 1.82) is 0 Å². The van der Waals surface area contributed by atoms with Crippen LogP contribution in [0.1, 0.15) is 39.8 Å². The number of likely N-dealkylation sites (tertiary alicyclic amines) is 1. The zero-order valence-electron chi connectivity index (χ0n) is 13.4. The highest BCUT2D eigenvalue weighted by Crippen LogP contribution is 2.27. The molecule has 2 atom stereocenters. The van der Waals surface area contributed by atoms with Gasteiger partial charge in [0.25, 0.3) is 0 Å². The topological polar surface area (TPSA) is 82.5 Å². The van der Waals surface area contributed by atoms with Gasteiger partial charge in [0.15, 0.2) is 5.13 Å². The molecule has 2 N–H and O–H groups in total. The molecule has 2 rings (SSSR count). The summed E-state index contributed by atoms with van der Waals surface area (Å²) in [5.74, 6) is -1.15. The van der Waals surface area contributed by atoms with Gasteiger partial charge in [-0.1, -0.05) is 27.7 Å². The molecule has 1 saturated heterocycles. The van der Waals surface area contributed by atoms with Crippen LogP contribution >= 0.6 is 11.3 Å². The number of aromatic nitrogens is 1. The van der Waals surface area contributed by atoms with Gasteiger partial charge in [-0.15, -0.1) is 11.3 Å². The van der Waals surface area contributed by atoms with E-state index in [1.165, 1.54) is 11.3 Å². The SMILES string of the molecule is CC1CC(C(=O)O)CN(C(=O)Nc2nc(C(C)(C)C)cs2)C1. The predicted molar refractivity (Wildman–Crippen MR) is 86.3 cm³/mol. The number of amides is 2. The lowest BCUT2D eigenvalue weighted by Gasteiger charge is -2.34. The largest absolute Gasteiger partial charge is 0.481 e. The van der Waals surface area contributed by atoms with E-state index in [9.17, 15) is 9.59 Å². The average molecular weight is 325 g/mol. The smallest absolute Gasteiger partial charge is 0.323 e. The van der Waals surface area contributed by atoms with Crippen LogP contribution in [0.2, 0.25) is 0 Å². The number of urea groups is 1.